The highest BCUT2D eigenvalue weighted by molar-refractivity contribution is 5.94. The van der Waals surface area contributed by atoms with Crippen molar-refractivity contribution in [3.05, 3.63) is 71.3 Å². The number of carbonyl (C=O) groups excluding carboxylic acids is 1. The van der Waals surface area contributed by atoms with Crippen LogP contribution in [0.25, 0.3) is 0 Å². The van der Waals surface area contributed by atoms with Crippen molar-refractivity contribution in [2.75, 3.05) is 19.6 Å². The number of halogens is 2. The van der Waals surface area contributed by atoms with Crippen LogP contribution >= 0.6 is 0 Å². The molecule has 1 amide bonds. The molecule has 1 N–H and O–H groups in total. The van der Waals surface area contributed by atoms with E-state index in [1.54, 1.807) is 0 Å². The second kappa shape index (κ2) is 7.53. The van der Waals surface area contributed by atoms with E-state index >= 15 is 0 Å². The molecule has 0 aromatic heterocycles. The summed E-state index contributed by atoms with van der Waals surface area (Å²) in [5.41, 5.74) is 1.16. The Bertz CT molecular complexity index is 706. The minimum atomic E-state index is -0.829. The molecule has 2 aromatic rings. The highest BCUT2D eigenvalue weighted by Crippen LogP contribution is 2.18. The molecule has 3 nitrogen and oxygen atoms in total. The van der Waals surface area contributed by atoms with Crippen LogP contribution in [-0.2, 0) is 6.54 Å². The van der Waals surface area contributed by atoms with Gasteiger partial charge >= 0.3 is 0 Å². The maximum atomic E-state index is 13.6. The molecule has 0 spiro atoms. The third-order valence-electron chi connectivity index (χ3n) is 4.35. The number of amides is 1. The average molecular weight is 330 g/mol. The second-order valence-electron chi connectivity index (χ2n) is 6.21. The van der Waals surface area contributed by atoms with Crippen LogP contribution in [0.1, 0.15) is 22.3 Å². The van der Waals surface area contributed by atoms with Crippen molar-refractivity contribution in [1.29, 1.82) is 0 Å². The zero-order chi connectivity index (χ0) is 16.9. The van der Waals surface area contributed by atoms with Crippen molar-refractivity contribution >= 4 is 5.91 Å². The fourth-order valence-electron chi connectivity index (χ4n) is 3.07. The quantitative estimate of drug-likeness (QED) is 0.913. The molecule has 1 atom stereocenters. The van der Waals surface area contributed by atoms with Crippen molar-refractivity contribution in [2.45, 2.75) is 13.0 Å². The van der Waals surface area contributed by atoms with Gasteiger partial charge in [-0.1, -0.05) is 30.3 Å². The van der Waals surface area contributed by atoms with E-state index in [1.807, 2.05) is 18.2 Å². The molecule has 1 aliphatic heterocycles. The van der Waals surface area contributed by atoms with Gasteiger partial charge in [-0.15, -0.1) is 0 Å². The Morgan fingerprint density at radius 2 is 1.96 bits per heavy atom. The van der Waals surface area contributed by atoms with Crippen LogP contribution in [0, 0.1) is 17.6 Å². The van der Waals surface area contributed by atoms with Crippen molar-refractivity contribution in [3.63, 3.8) is 0 Å². The predicted octanol–water partition coefficient (Wildman–Crippen LogP) is 3.22. The second-order valence-corrected chi connectivity index (χ2v) is 6.21. The van der Waals surface area contributed by atoms with Gasteiger partial charge in [0, 0.05) is 25.7 Å². The number of likely N-dealkylation sites (tertiary alicyclic amines) is 1. The van der Waals surface area contributed by atoms with E-state index in [2.05, 4.69) is 22.3 Å². The minimum Gasteiger partial charge on any atom is -0.352 e. The zero-order valence-electron chi connectivity index (χ0n) is 13.3. The highest BCUT2D eigenvalue weighted by atomic mass is 19.1. The smallest absolute Gasteiger partial charge is 0.254 e. The normalized spacial score (nSPS) is 17.8. The van der Waals surface area contributed by atoms with Gasteiger partial charge in [0.1, 0.15) is 11.6 Å². The van der Waals surface area contributed by atoms with Crippen LogP contribution in [0.5, 0.6) is 0 Å². The van der Waals surface area contributed by atoms with Crippen molar-refractivity contribution in [1.82, 2.24) is 10.2 Å². The standard InChI is InChI=1S/C19H20F2N2O/c20-16-6-7-17(18(21)10-16)19(24)22-11-15-8-9-23(13-15)12-14-4-2-1-3-5-14/h1-7,10,15H,8-9,11-13H2,(H,22,24)/t15-/m0/s1. The summed E-state index contributed by atoms with van der Waals surface area (Å²) in [6.45, 7) is 3.29. The average Bonchev–Trinajstić information content (AvgIpc) is 3.01. The van der Waals surface area contributed by atoms with E-state index in [-0.39, 0.29) is 5.56 Å². The topological polar surface area (TPSA) is 32.3 Å². The van der Waals surface area contributed by atoms with E-state index in [4.69, 9.17) is 0 Å². The van der Waals surface area contributed by atoms with E-state index in [0.29, 0.717) is 12.5 Å². The van der Waals surface area contributed by atoms with Crippen LogP contribution in [0.3, 0.4) is 0 Å². The Labute approximate surface area is 140 Å². The number of nitrogens with zero attached hydrogens (tertiary/aromatic N) is 1. The van der Waals surface area contributed by atoms with Crippen LogP contribution in [0.2, 0.25) is 0 Å². The van der Waals surface area contributed by atoms with Gasteiger partial charge in [-0.3, -0.25) is 9.69 Å². The SMILES string of the molecule is O=C(NC[C@@H]1CCN(Cc2ccccc2)C1)c1ccc(F)cc1F. The number of benzene rings is 2. The molecule has 1 saturated heterocycles. The van der Waals surface area contributed by atoms with E-state index < -0.39 is 17.5 Å². The Morgan fingerprint density at radius 3 is 2.71 bits per heavy atom. The lowest BCUT2D eigenvalue weighted by molar-refractivity contribution is 0.0943. The lowest BCUT2D eigenvalue weighted by atomic mass is 10.1. The zero-order valence-corrected chi connectivity index (χ0v) is 13.3. The van der Waals surface area contributed by atoms with Gasteiger partial charge in [-0.05, 0) is 36.6 Å². The third kappa shape index (κ3) is 4.17. The van der Waals surface area contributed by atoms with E-state index in [0.717, 1.165) is 38.2 Å². The molecule has 1 fully saturated rings. The summed E-state index contributed by atoms with van der Waals surface area (Å²) in [4.78, 5) is 14.4. The molecule has 1 heterocycles. The molecule has 126 valence electrons. The molecule has 0 radical (unpaired) electrons. The first-order valence-electron chi connectivity index (χ1n) is 8.11. The fourth-order valence-corrected chi connectivity index (χ4v) is 3.07. The fraction of sp³-hybridized carbons (Fsp3) is 0.316. The molecule has 1 aliphatic rings. The molecule has 3 rings (SSSR count). The van der Waals surface area contributed by atoms with Crippen LogP contribution < -0.4 is 5.32 Å². The molecule has 0 saturated carbocycles. The maximum Gasteiger partial charge on any atom is 0.254 e. The number of carbonyl (C=O) groups is 1. The van der Waals surface area contributed by atoms with Gasteiger partial charge in [-0.25, -0.2) is 8.78 Å². The molecule has 24 heavy (non-hydrogen) atoms. The summed E-state index contributed by atoms with van der Waals surface area (Å²) in [7, 11) is 0. The van der Waals surface area contributed by atoms with Crippen molar-refractivity contribution < 1.29 is 13.6 Å². The monoisotopic (exact) mass is 330 g/mol. The van der Waals surface area contributed by atoms with E-state index in [1.165, 1.54) is 11.6 Å². The van der Waals surface area contributed by atoms with Gasteiger partial charge < -0.3 is 5.32 Å². The lowest BCUT2D eigenvalue weighted by Crippen LogP contribution is -2.31. The Morgan fingerprint density at radius 1 is 1.17 bits per heavy atom. The molecular weight excluding hydrogens is 310 g/mol. The van der Waals surface area contributed by atoms with Crippen LogP contribution in [0.15, 0.2) is 48.5 Å². The van der Waals surface area contributed by atoms with Gasteiger partial charge in [0.2, 0.25) is 0 Å². The Balaban J connectivity index is 1.48. The minimum absolute atomic E-state index is 0.115. The van der Waals surface area contributed by atoms with Crippen LogP contribution in [-0.4, -0.2) is 30.4 Å². The molecule has 5 heteroatoms. The first kappa shape index (κ1) is 16.6. The number of nitrogens with one attached hydrogen (secondary N) is 1. The Hall–Kier alpha value is -2.27. The Kier molecular flexibility index (Phi) is 5.20. The summed E-state index contributed by atoms with van der Waals surface area (Å²) in [5, 5.41) is 2.76. The summed E-state index contributed by atoms with van der Waals surface area (Å²) in [6.07, 6.45) is 0.999. The van der Waals surface area contributed by atoms with Crippen molar-refractivity contribution in [3.8, 4) is 0 Å². The third-order valence-corrected chi connectivity index (χ3v) is 4.35. The molecule has 2 aromatic carbocycles. The lowest BCUT2D eigenvalue weighted by Gasteiger charge is -2.16. The van der Waals surface area contributed by atoms with Gasteiger partial charge in [0.25, 0.3) is 5.91 Å². The molecular formula is C19H20F2N2O. The number of rotatable bonds is 5. The first-order valence-corrected chi connectivity index (χ1v) is 8.11. The predicted molar refractivity (Wildman–Crippen MR) is 88.5 cm³/mol. The highest BCUT2D eigenvalue weighted by Gasteiger charge is 2.23. The molecule has 0 unspecified atom stereocenters. The van der Waals surface area contributed by atoms with Crippen molar-refractivity contribution in [2.24, 2.45) is 5.92 Å². The van der Waals surface area contributed by atoms with Crippen LogP contribution in [0.4, 0.5) is 8.78 Å². The summed E-state index contributed by atoms with van der Waals surface area (Å²) in [5.74, 6) is -1.66. The largest absolute Gasteiger partial charge is 0.352 e. The summed E-state index contributed by atoms with van der Waals surface area (Å²) in [6, 6.07) is 13.3. The van der Waals surface area contributed by atoms with E-state index in [9.17, 15) is 13.6 Å². The summed E-state index contributed by atoms with van der Waals surface area (Å²) < 4.78 is 26.5. The van der Waals surface area contributed by atoms with Gasteiger partial charge in [0.05, 0.1) is 5.56 Å². The summed E-state index contributed by atoms with van der Waals surface area (Å²) >= 11 is 0. The maximum absolute atomic E-state index is 13.6. The molecule has 0 bridgehead atoms. The first-order chi connectivity index (χ1) is 11.6. The van der Waals surface area contributed by atoms with Gasteiger partial charge in [-0.2, -0.15) is 0 Å². The number of hydrogen-bond acceptors (Lipinski definition) is 2. The molecule has 0 aliphatic carbocycles. The van der Waals surface area contributed by atoms with Gasteiger partial charge in [0.15, 0.2) is 0 Å². The number of hydrogen-bond donors (Lipinski definition) is 1.